The first-order valence-electron chi connectivity index (χ1n) is 6.96. The van der Waals surface area contributed by atoms with Gasteiger partial charge < -0.3 is 14.8 Å². The summed E-state index contributed by atoms with van der Waals surface area (Å²) in [6.07, 6.45) is 0. The number of nitrogens with zero attached hydrogens (tertiary/aromatic N) is 2. The molecule has 2 aromatic carbocycles. The Morgan fingerprint density at radius 2 is 2.04 bits per heavy atom. The minimum atomic E-state index is -0.592. The van der Waals surface area contributed by atoms with E-state index in [9.17, 15) is 9.90 Å². The Balaban J connectivity index is 1.72. The van der Waals surface area contributed by atoms with Gasteiger partial charge in [0, 0.05) is 14.9 Å². The van der Waals surface area contributed by atoms with Crippen molar-refractivity contribution in [3.8, 4) is 11.6 Å². The van der Waals surface area contributed by atoms with Crippen molar-refractivity contribution in [3.05, 3.63) is 50.4 Å². The predicted octanol–water partition coefficient (Wildman–Crippen LogP) is 5.74. The van der Waals surface area contributed by atoms with Crippen LogP contribution in [0.5, 0.6) is 11.6 Å². The van der Waals surface area contributed by atoms with Crippen LogP contribution in [0.1, 0.15) is 0 Å². The predicted molar refractivity (Wildman–Crippen MR) is 102 cm³/mol. The van der Waals surface area contributed by atoms with Gasteiger partial charge in [0.05, 0.1) is 9.99 Å². The second-order valence-electron chi connectivity index (χ2n) is 4.97. The van der Waals surface area contributed by atoms with Gasteiger partial charge in [0.15, 0.2) is 12.3 Å². The molecule has 2 N–H and O–H groups in total. The van der Waals surface area contributed by atoms with Crippen molar-refractivity contribution in [2.75, 3.05) is 6.61 Å². The molecule has 0 saturated carbocycles. The van der Waals surface area contributed by atoms with Gasteiger partial charge in [0.2, 0.25) is 5.88 Å². The van der Waals surface area contributed by atoms with Crippen LogP contribution in [0.4, 0.5) is 5.69 Å². The average molecular weight is 488 g/mol. The number of amides is 1. The van der Waals surface area contributed by atoms with Crippen LogP contribution >= 0.6 is 43.5 Å². The van der Waals surface area contributed by atoms with Gasteiger partial charge in [-0.1, -0.05) is 27.5 Å². The zero-order chi connectivity index (χ0) is 18.0. The van der Waals surface area contributed by atoms with Crippen molar-refractivity contribution in [1.82, 2.24) is 4.98 Å². The van der Waals surface area contributed by atoms with E-state index in [0.717, 1.165) is 4.47 Å². The third-order valence-corrected chi connectivity index (χ3v) is 4.57. The first-order chi connectivity index (χ1) is 11.9. The Bertz CT molecular complexity index is 988. The van der Waals surface area contributed by atoms with Gasteiger partial charge >= 0.3 is 5.91 Å². The molecule has 0 radical (unpaired) electrons. The topological polar surface area (TPSA) is 87.0 Å². The fourth-order valence-corrected chi connectivity index (χ4v) is 3.26. The molecule has 128 valence electrons. The van der Waals surface area contributed by atoms with Gasteiger partial charge in [-0.05, 0) is 52.3 Å². The maximum absolute atomic E-state index is 11.9. The third-order valence-electron chi connectivity index (χ3n) is 3.22. The van der Waals surface area contributed by atoms with Crippen molar-refractivity contribution in [2.24, 2.45) is 10.2 Å². The molecule has 25 heavy (non-hydrogen) atoms. The summed E-state index contributed by atoms with van der Waals surface area (Å²) in [6, 6.07) is 10.3. The van der Waals surface area contributed by atoms with Crippen LogP contribution < -0.4 is 4.74 Å². The molecule has 0 aliphatic heterocycles. The number of halogens is 3. The Morgan fingerprint density at radius 1 is 1.24 bits per heavy atom. The fraction of sp³-hybridized carbons (Fsp3) is 0.0625. The highest BCUT2D eigenvalue weighted by molar-refractivity contribution is 9.10. The van der Waals surface area contributed by atoms with Crippen LogP contribution in [0, 0.1) is 0 Å². The second-order valence-corrected chi connectivity index (χ2v) is 7.18. The number of aromatic nitrogens is 1. The van der Waals surface area contributed by atoms with Crippen LogP contribution in [0.15, 0.2) is 55.6 Å². The minimum absolute atomic E-state index is 0.161. The molecule has 6 nitrogen and oxygen atoms in total. The van der Waals surface area contributed by atoms with E-state index in [2.05, 4.69) is 47.1 Å². The highest BCUT2D eigenvalue weighted by Gasteiger charge is 2.12. The average Bonchev–Trinajstić information content (AvgIpc) is 2.87. The molecule has 0 aliphatic carbocycles. The standard InChI is InChI=1S/C16H10Br2ClN3O3/c17-8-1-3-12-10(5-8)15(16(24)20-12)22-21-14(23)7-25-13-4-2-9(19)6-11(13)18/h1-6,20,24H,7H2. The van der Waals surface area contributed by atoms with Crippen LogP contribution in [0.25, 0.3) is 10.9 Å². The maximum atomic E-state index is 11.9. The molecule has 9 heteroatoms. The highest BCUT2D eigenvalue weighted by Crippen LogP contribution is 2.36. The van der Waals surface area contributed by atoms with E-state index in [4.69, 9.17) is 16.3 Å². The number of hydrogen-bond acceptors (Lipinski definition) is 4. The summed E-state index contributed by atoms with van der Waals surface area (Å²) in [5.41, 5.74) is 0.876. The molecule has 0 saturated heterocycles. The van der Waals surface area contributed by atoms with Gasteiger partial charge in [-0.25, -0.2) is 0 Å². The number of fused-ring (bicyclic) bond motifs is 1. The van der Waals surface area contributed by atoms with Gasteiger partial charge in [0.1, 0.15) is 5.75 Å². The van der Waals surface area contributed by atoms with Crippen LogP contribution in [0.3, 0.4) is 0 Å². The Hall–Kier alpha value is -1.90. The normalized spacial score (nSPS) is 11.3. The quantitative estimate of drug-likeness (QED) is 0.460. The number of carbonyl (C=O) groups excluding carboxylic acids is 1. The zero-order valence-electron chi connectivity index (χ0n) is 12.5. The van der Waals surface area contributed by atoms with E-state index in [1.807, 2.05) is 6.07 Å². The van der Waals surface area contributed by atoms with E-state index >= 15 is 0 Å². The minimum Gasteiger partial charge on any atom is -0.493 e. The number of aromatic amines is 1. The van der Waals surface area contributed by atoms with E-state index in [1.54, 1.807) is 30.3 Å². The van der Waals surface area contributed by atoms with Gasteiger partial charge in [-0.3, -0.25) is 4.79 Å². The molecule has 0 spiro atoms. The summed E-state index contributed by atoms with van der Waals surface area (Å²) in [4.78, 5) is 14.6. The van der Waals surface area contributed by atoms with Gasteiger partial charge in [0.25, 0.3) is 0 Å². The third kappa shape index (κ3) is 4.20. The number of ether oxygens (including phenoxy) is 1. The van der Waals surface area contributed by atoms with Crippen molar-refractivity contribution < 1.29 is 14.6 Å². The molecular weight excluding hydrogens is 477 g/mol. The fourth-order valence-electron chi connectivity index (χ4n) is 2.10. The summed E-state index contributed by atoms with van der Waals surface area (Å²) >= 11 is 12.5. The maximum Gasteiger partial charge on any atom is 0.302 e. The number of H-pyrrole nitrogens is 1. The molecule has 1 amide bonds. The lowest BCUT2D eigenvalue weighted by atomic mass is 10.2. The zero-order valence-corrected chi connectivity index (χ0v) is 16.4. The lowest BCUT2D eigenvalue weighted by molar-refractivity contribution is -0.120. The Kier molecular flexibility index (Phi) is 5.41. The largest absolute Gasteiger partial charge is 0.493 e. The van der Waals surface area contributed by atoms with E-state index in [-0.39, 0.29) is 18.2 Å². The number of azo groups is 1. The summed E-state index contributed by atoms with van der Waals surface area (Å²) < 4.78 is 6.82. The number of nitrogens with one attached hydrogen (secondary N) is 1. The van der Waals surface area contributed by atoms with Gasteiger partial charge in [-0.2, -0.15) is 0 Å². The molecule has 3 aromatic rings. The summed E-state index contributed by atoms with van der Waals surface area (Å²) in [5.74, 6) is -0.288. The van der Waals surface area contributed by atoms with Crippen molar-refractivity contribution in [2.45, 2.75) is 0 Å². The Labute approximate surface area is 164 Å². The second kappa shape index (κ2) is 7.55. The number of rotatable bonds is 4. The molecule has 0 aliphatic rings. The van der Waals surface area contributed by atoms with E-state index in [1.165, 1.54) is 0 Å². The molecule has 0 fully saturated rings. The molecular formula is C16H10Br2ClN3O3. The molecule has 1 heterocycles. The first kappa shape index (κ1) is 17.9. The molecule has 1 aromatic heterocycles. The first-order valence-corrected chi connectivity index (χ1v) is 8.93. The smallest absolute Gasteiger partial charge is 0.302 e. The lowest BCUT2D eigenvalue weighted by Gasteiger charge is -2.05. The molecule has 0 atom stereocenters. The van der Waals surface area contributed by atoms with Crippen molar-refractivity contribution in [3.63, 3.8) is 0 Å². The number of carbonyl (C=O) groups is 1. The monoisotopic (exact) mass is 485 g/mol. The lowest BCUT2D eigenvalue weighted by Crippen LogP contribution is -2.08. The van der Waals surface area contributed by atoms with Crippen LogP contribution in [0.2, 0.25) is 5.02 Å². The van der Waals surface area contributed by atoms with Gasteiger partial charge in [-0.15, -0.1) is 10.2 Å². The SMILES string of the molecule is O=C(COc1ccc(Cl)cc1Br)N=Nc1c(O)[nH]c2ccc(Br)cc12. The Morgan fingerprint density at radius 3 is 2.80 bits per heavy atom. The molecule has 0 bridgehead atoms. The molecule has 3 rings (SSSR count). The molecule has 0 unspecified atom stereocenters. The van der Waals surface area contributed by atoms with Crippen LogP contribution in [-0.4, -0.2) is 22.6 Å². The van der Waals surface area contributed by atoms with Crippen molar-refractivity contribution >= 4 is 66.0 Å². The summed E-state index contributed by atoms with van der Waals surface area (Å²) in [5, 5.41) is 18.6. The van der Waals surface area contributed by atoms with E-state index in [0.29, 0.717) is 26.1 Å². The number of aromatic hydroxyl groups is 1. The summed E-state index contributed by atoms with van der Waals surface area (Å²) in [7, 11) is 0. The highest BCUT2D eigenvalue weighted by atomic mass is 79.9. The van der Waals surface area contributed by atoms with E-state index < -0.39 is 5.91 Å². The summed E-state index contributed by atoms with van der Waals surface area (Å²) in [6.45, 7) is -0.295. The van der Waals surface area contributed by atoms with Crippen LogP contribution in [-0.2, 0) is 4.79 Å². The number of benzene rings is 2. The number of hydrogen-bond donors (Lipinski definition) is 2. The van der Waals surface area contributed by atoms with Crippen molar-refractivity contribution in [1.29, 1.82) is 0 Å².